The predicted molar refractivity (Wildman–Crippen MR) is 79.8 cm³/mol. The Labute approximate surface area is 132 Å². The minimum Gasteiger partial charge on any atom is -0.468 e. The third-order valence-corrected chi connectivity index (χ3v) is 5.12. The predicted octanol–water partition coefficient (Wildman–Crippen LogP) is 1.60. The highest BCUT2D eigenvalue weighted by Crippen LogP contribution is 2.29. The van der Waals surface area contributed by atoms with E-state index in [1.54, 1.807) is 13.8 Å². The molecule has 0 saturated carbocycles. The van der Waals surface area contributed by atoms with Gasteiger partial charge in [-0.1, -0.05) is 27.6 Å². The maximum atomic E-state index is 12.0. The number of hydrogen-bond acceptors (Lipinski definition) is 10. The third kappa shape index (κ3) is 3.95. The van der Waals surface area contributed by atoms with Gasteiger partial charge in [0.1, 0.15) is 10.1 Å². The molecular formula is C10H11N5O3S3. The Bertz CT molecular complexity index is 656. The molecule has 2 rings (SSSR count). The van der Waals surface area contributed by atoms with Crippen LogP contribution in [0.2, 0.25) is 0 Å². The summed E-state index contributed by atoms with van der Waals surface area (Å²) in [6, 6.07) is 0. The van der Waals surface area contributed by atoms with E-state index in [0.717, 1.165) is 11.5 Å². The number of esters is 1. The summed E-state index contributed by atoms with van der Waals surface area (Å²) in [4.78, 5) is 23.7. The van der Waals surface area contributed by atoms with Crippen molar-refractivity contribution in [1.29, 1.82) is 0 Å². The topological polar surface area (TPSA) is 107 Å². The van der Waals surface area contributed by atoms with Crippen molar-refractivity contribution in [2.45, 2.75) is 23.4 Å². The van der Waals surface area contributed by atoms with Crippen LogP contribution in [-0.2, 0) is 9.53 Å². The average molecular weight is 345 g/mol. The third-order valence-electron chi connectivity index (χ3n) is 2.30. The molecular weight excluding hydrogens is 334 g/mol. The molecule has 1 N–H and O–H groups in total. The highest BCUT2D eigenvalue weighted by molar-refractivity contribution is 8.02. The summed E-state index contributed by atoms with van der Waals surface area (Å²) in [5, 5.41) is 14.1. The van der Waals surface area contributed by atoms with Crippen LogP contribution in [0, 0.1) is 6.92 Å². The summed E-state index contributed by atoms with van der Waals surface area (Å²) in [6.45, 7) is 3.42. The number of anilines is 1. The Morgan fingerprint density at radius 1 is 1.33 bits per heavy atom. The zero-order chi connectivity index (χ0) is 15.4. The zero-order valence-corrected chi connectivity index (χ0v) is 13.8. The molecule has 112 valence electrons. The summed E-state index contributed by atoms with van der Waals surface area (Å²) < 4.78 is 8.90. The molecule has 0 unspecified atom stereocenters. The second-order valence-corrected chi connectivity index (χ2v) is 7.12. The molecule has 2 heterocycles. The lowest BCUT2D eigenvalue weighted by molar-refractivity contribution is -0.139. The first-order valence-electron chi connectivity index (χ1n) is 5.69. The standard InChI is InChI=1S/C10H11N5O3S3/c1-4-6(21-15-12-4)7(16)11-9-13-14-10(20-9)19-5(2)8(17)18-3/h5H,1-3H3,(H,11,13,16)/t5-/m0/s1. The molecule has 0 aromatic carbocycles. The zero-order valence-electron chi connectivity index (χ0n) is 11.3. The molecule has 2 aromatic heterocycles. The molecule has 21 heavy (non-hydrogen) atoms. The molecule has 8 nitrogen and oxygen atoms in total. The SMILES string of the molecule is COC(=O)[C@H](C)Sc1nnc(NC(=O)c2snnc2C)s1. The van der Waals surface area contributed by atoms with Crippen LogP contribution in [0.15, 0.2) is 4.34 Å². The number of aromatic nitrogens is 4. The molecule has 11 heteroatoms. The van der Waals surface area contributed by atoms with Crippen molar-refractivity contribution in [3.63, 3.8) is 0 Å². The number of nitrogens with zero attached hydrogens (tertiary/aromatic N) is 4. The summed E-state index contributed by atoms with van der Waals surface area (Å²) >= 11 is 3.43. The van der Waals surface area contributed by atoms with Gasteiger partial charge in [0, 0.05) is 0 Å². The second kappa shape index (κ2) is 6.91. The highest BCUT2D eigenvalue weighted by atomic mass is 32.2. The van der Waals surface area contributed by atoms with Gasteiger partial charge in [-0.25, -0.2) is 0 Å². The van der Waals surface area contributed by atoms with Gasteiger partial charge in [0.15, 0.2) is 4.34 Å². The van der Waals surface area contributed by atoms with Crippen LogP contribution in [0.3, 0.4) is 0 Å². The molecule has 0 fully saturated rings. The highest BCUT2D eigenvalue weighted by Gasteiger charge is 2.19. The number of ether oxygens (including phenoxy) is 1. The van der Waals surface area contributed by atoms with Gasteiger partial charge < -0.3 is 4.74 Å². The fourth-order valence-corrected chi connectivity index (χ4v) is 3.74. The van der Waals surface area contributed by atoms with Crippen LogP contribution in [0.25, 0.3) is 0 Å². The summed E-state index contributed by atoms with van der Waals surface area (Å²) in [7, 11) is 1.33. The number of aryl methyl sites for hydroxylation is 1. The van der Waals surface area contributed by atoms with Gasteiger partial charge in [0.05, 0.1) is 12.8 Å². The van der Waals surface area contributed by atoms with E-state index < -0.39 is 0 Å². The summed E-state index contributed by atoms with van der Waals surface area (Å²) in [5.74, 6) is -0.664. The Kier molecular flexibility index (Phi) is 5.20. The van der Waals surface area contributed by atoms with E-state index in [1.165, 1.54) is 30.2 Å². The Morgan fingerprint density at radius 3 is 2.71 bits per heavy atom. The van der Waals surface area contributed by atoms with Crippen LogP contribution in [0.1, 0.15) is 22.3 Å². The van der Waals surface area contributed by atoms with E-state index in [4.69, 9.17) is 0 Å². The van der Waals surface area contributed by atoms with Gasteiger partial charge in [-0.3, -0.25) is 14.9 Å². The summed E-state index contributed by atoms with van der Waals surface area (Å²) in [5.41, 5.74) is 0.566. The molecule has 0 aliphatic carbocycles. The van der Waals surface area contributed by atoms with Gasteiger partial charge in [-0.2, -0.15) is 0 Å². The molecule has 0 spiro atoms. The number of nitrogens with one attached hydrogen (secondary N) is 1. The lowest BCUT2D eigenvalue weighted by atomic mass is 10.4. The first-order valence-corrected chi connectivity index (χ1v) is 8.16. The number of rotatable bonds is 5. The largest absolute Gasteiger partial charge is 0.468 e. The molecule has 0 bridgehead atoms. The van der Waals surface area contributed by atoms with Crippen LogP contribution in [0.5, 0.6) is 0 Å². The first-order chi connectivity index (χ1) is 10.0. The molecule has 2 aromatic rings. The van der Waals surface area contributed by atoms with Crippen molar-refractivity contribution in [1.82, 2.24) is 19.8 Å². The van der Waals surface area contributed by atoms with E-state index in [-0.39, 0.29) is 17.1 Å². The molecule has 0 aliphatic rings. The minimum atomic E-state index is -0.389. The average Bonchev–Trinajstić information content (AvgIpc) is 3.06. The Morgan fingerprint density at radius 2 is 2.10 bits per heavy atom. The fourth-order valence-electron chi connectivity index (χ4n) is 1.27. The van der Waals surface area contributed by atoms with Crippen LogP contribution in [-0.4, -0.2) is 44.0 Å². The van der Waals surface area contributed by atoms with Gasteiger partial charge in [0.25, 0.3) is 5.91 Å². The number of thioether (sulfide) groups is 1. The van der Waals surface area contributed by atoms with Gasteiger partial charge in [0.2, 0.25) is 5.13 Å². The molecule has 1 atom stereocenters. The van der Waals surface area contributed by atoms with E-state index in [0.29, 0.717) is 20.0 Å². The number of hydrogen-bond donors (Lipinski definition) is 1. The molecule has 0 aliphatic heterocycles. The first kappa shape index (κ1) is 15.8. The molecule has 0 radical (unpaired) electrons. The van der Waals surface area contributed by atoms with Crippen molar-refractivity contribution >= 4 is 51.6 Å². The number of carbonyl (C=O) groups is 2. The minimum absolute atomic E-state index is 0.323. The van der Waals surface area contributed by atoms with E-state index in [2.05, 4.69) is 29.8 Å². The Hall–Kier alpha value is -1.59. The van der Waals surface area contributed by atoms with Gasteiger partial charge >= 0.3 is 5.97 Å². The smallest absolute Gasteiger partial charge is 0.318 e. The fraction of sp³-hybridized carbons (Fsp3) is 0.400. The number of methoxy groups -OCH3 is 1. The van der Waals surface area contributed by atoms with Crippen molar-refractivity contribution in [3.05, 3.63) is 10.6 Å². The monoisotopic (exact) mass is 345 g/mol. The van der Waals surface area contributed by atoms with Crippen LogP contribution >= 0.6 is 34.6 Å². The van der Waals surface area contributed by atoms with Crippen molar-refractivity contribution in [2.75, 3.05) is 12.4 Å². The molecule has 0 saturated heterocycles. The maximum absolute atomic E-state index is 12.0. The molecule has 1 amide bonds. The Balaban J connectivity index is 1.99. The van der Waals surface area contributed by atoms with Crippen LogP contribution in [0.4, 0.5) is 5.13 Å². The van der Waals surface area contributed by atoms with E-state index in [1.807, 2.05) is 0 Å². The number of carbonyl (C=O) groups excluding carboxylic acids is 2. The second-order valence-electron chi connectivity index (χ2n) is 3.80. The lowest BCUT2D eigenvalue weighted by Crippen LogP contribution is -2.14. The lowest BCUT2D eigenvalue weighted by Gasteiger charge is -2.04. The van der Waals surface area contributed by atoms with Gasteiger partial charge in [-0.05, 0) is 25.4 Å². The summed E-state index contributed by atoms with van der Waals surface area (Å²) in [6.07, 6.45) is 0. The van der Waals surface area contributed by atoms with Gasteiger partial charge in [-0.15, -0.1) is 15.3 Å². The number of amides is 1. The van der Waals surface area contributed by atoms with E-state index >= 15 is 0 Å². The van der Waals surface area contributed by atoms with Crippen molar-refractivity contribution in [2.24, 2.45) is 0 Å². The normalized spacial score (nSPS) is 12.0. The van der Waals surface area contributed by atoms with Crippen molar-refractivity contribution in [3.8, 4) is 0 Å². The quantitative estimate of drug-likeness (QED) is 0.495. The maximum Gasteiger partial charge on any atom is 0.318 e. The van der Waals surface area contributed by atoms with Crippen molar-refractivity contribution < 1.29 is 14.3 Å². The van der Waals surface area contributed by atoms with E-state index in [9.17, 15) is 9.59 Å². The van der Waals surface area contributed by atoms with Crippen LogP contribution < -0.4 is 5.32 Å².